The summed E-state index contributed by atoms with van der Waals surface area (Å²) in [5.74, 6) is 2.70. The molecule has 0 bridgehead atoms. The predicted octanol–water partition coefficient (Wildman–Crippen LogP) is 5.05. The van der Waals surface area contributed by atoms with Gasteiger partial charge in [-0.2, -0.15) is 11.8 Å². The summed E-state index contributed by atoms with van der Waals surface area (Å²) in [6.45, 7) is 5.63. The second kappa shape index (κ2) is 14.1. The van der Waals surface area contributed by atoms with Crippen molar-refractivity contribution < 1.29 is 19.1 Å². The van der Waals surface area contributed by atoms with Gasteiger partial charge in [-0.1, -0.05) is 54.5 Å². The first-order chi connectivity index (χ1) is 18.6. The molecule has 0 heterocycles. The van der Waals surface area contributed by atoms with Gasteiger partial charge in [0.2, 0.25) is 11.8 Å². The van der Waals surface area contributed by atoms with Gasteiger partial charge in [0.05, 0.1) is 0 Å². The fourth-order valence-electron chi connectivity index (χ4n) is 4.47. The number of nitrogens with zero attached hydrogens (tertiary/aromatic N) is 1. The van der Waals surface area contributed by atoms with Gasteiger partial charge in [-0.05, 0) is 75.7 Å². The van der Waals surface area contributed by atoms with Gasteiger partial charge in [-0.25, -0.2) is 4.79 Å². The van der Waals surface area contributed by atoms with E-state index in [1.807, 2.05) is 48.7 Å². The molecule has 8 heteroatoms. The Morgan fingerprint density at radius 1 is 1.10 bits per heavy atom. The summed E-state index contributed by atoms with van der Waals surface area (Å²) in [6.07, 6.45) is 10.0. The van der Waals surface area contributed by atoms with Gasteiger partial charge in [-0.15, -0.1) is 6.42 Å². The maximum Gasteiger partial charge on any atom is 0.408 e. The number of terminal acetylenes is 1. The van der Waals surface area contributed by atoms with Crippen LogP contribution in [-0.2, 0) is 20.9 Å². The first kappa shape index (κ1) is 30.1. The number of rotatable bonds is 11. The van der Waals surface area contributed by atoms with E-state index in [4.69, 9.17) is 11.2 Å². The lowest BCUT2D eigenvalue weighted by Gasteiger charge is -2.43. The van der Waals surface area contributed by atoms with Crippen LogP contribution in [-0.4, -0.2) is 52.5 Å². The number of alkyl carbamates (subject to hydrolysis) is 1. The monoisotopic (exact) mass is 549 g/mol. The van der Waals surface area contributed by atoms with E-state index in [1.165, 1.54) is 0 Å². The molecule has 3 rings (SSSR count). The standard InChI is InChI=1S/C31H39N3O4S/c1-6-23-15-10-11-18-25(23)27(28(35)32-21-22-13-8-7-9-14-22)34(24-16-12-17-24)29(36)26(19-20-39-5)33-30(37)38-31(2,3)4/h1,7-11,13-15,18,24,26-27H,12,16-17,19-21H2,2-5H3,(H,32,35)(H,33,37). The van der Waals surface area contributed by atoms with E-state index < -0.39 is 23.8 Å². The van der Waals surface area contributed by atoms with Gasteiger partial charge in [0.1, 0.15) is 17.7 Å². The Morgan fingerprint density at radius 3 is 2.36 bits per heavy atom. The number of ether oxygens (including phenoxy) is 1. The van der Waals surface area contributed by atoms with Crippen molar-refractivity contribution in [3.8, 4) is 12.3 Å². The van der Waals surface area contributed by atoms with Gasteiger partial charge < -0.3 is 20.3 Å². The van der Waals surface area contributed by atoms with Crippen molar-refractivity contribution in [2.75, 3.05) is 12.0 Å². The van der Waals surface area contributed by atoms with Crippen molar-refractivity contribution >= 4 is 29.7 Å². The Morgan fingerprint density at radius 2 is 1.77 bits per heavy atom. The quantitative estimate of drug-likeness (QED) is 0.383. The number of carbonyl (C=O) groups is 3. The zero-order valence-corrected chi connectivity index (χ0v) is 24.1. The summed E-state index contributed by atoms with van der Waals surface area (Å²) in [5.41, 5.74) is 1.37. The molecular weight excluding hydrogens is 510 g/mol. The number of thioether (sulfide) groups is 1. The van der Waals surface area contributed by atoms with Gasteiger partial charge in [0.15, 0.2) is 0 Å². The Hall–Kier alpha value is -3.44. The highest BCUT2D eigenvalue weighted by Gasteiger charge is 2.42. The highest BCUT2D eigenvalue weighted by molar-refractivity contribution is 7.98. The minimum Gasteiger partial charge on any atom is -0.444 e. The summed E-state index contributed by atoms with van der Waals surface area (Å²) >= 11 is 1.58. The van der Waals surface area contributed by atoms with Crippen molar-refractivity contribution in [1.29, 1.82) is 0 Å². The lowest BCUT2D eigenvalue weighted by Crippen LogP contribution is -2.57. The molecule has 0 spiro atoms. The lowest BCUT2D eigenvalue weighted by molar-refractivity contribution is -0.147. The number of hydrogen-bond acceptors (Lipinski definition) is 5. The van der Waals surface area contributed by atoms with Crippen LogP contribution in [0.5, 0.6) is 0 Å². The Bertz CT molecular complexity index is 1170. The molecule has 0 aromatic heterocycles. The molecule has 1 saturated carbocycles. The van der Waals surface area contributed by atoms with Crippen molar-refractivity contribution in [2.24, 2.45) is 0 Å². The molecule has 1 aliphatic rings. The topological polar surface area (TPSA) is 87.7 Å². The minimum absolute atomic E-state index is 0.145. The second-order valence-corrected chi connectivity index (χ2v) is 11.6. The Kier molecular flexibility index (Phi) is 10.9. The van der Waals surface area contributed by atoms with E-state index in [9.17, 15) is 14.4 Å². The number of nitrogens with one attached hydrogen (secondary N) is 2. The summed E-state index contributed by atoms with van der Waals surface area (Å²) in [4.78, 5) is 42.6. The molecule has 0 radical (unpaired) electrons. The number of benzene rings is 2. The fraction of sp³-hybridized carbons (Fsp3) is 0.452. The molecule has 7 nitrogen and oxygen atoms in total. The molecule has 208 valence electrons. The highest BCUT2D eigenvalue weighted by Crippen LogP contribution is 2.35. The third-order valence-electron chi connectivity index (χ3n) is 6.57. The maximum atomic E-state index is 14.3. The van der Waals surface area contributed by atoms with Crippen molar-refractivity contribution in [3.05, 3.63) is 71.3 Å². The van der Waals surface area contributed by atoms with E-state index in [0.717, 1.165) is 24.8 Å². The summed E-state index contributed by atoms with van der Waals surface area (Å²) in [7, 11) is 0. The van der Waals surface area contributed by atoms with Crippen molar-refractivity contribution in [1.82, 2.24) is 15.5 Å². The van der Waals surface area contributed by atoms with Crippen LogP contribution < -0.4 is 10.6 Å². The van der Waals surface area contributed by atoms with E-state index in [0.29, 0.717) is 29.8 Å². The SMILES string of the molecule is C#Cc1ccccc1C(C(=O)NCc1ccccc1)N(C(=O)C(CCSC)NC(=O)OC(C)(C)C)C1CCC1. The molecule has 39 heavy (non-hydrogen) atoms. The second-order valence-electron chi connectivity index (χ2n) is 10.6. The van der Waals surface area contributed by atoms with E-state index in [-0.39, 0.29) is 17.9 Å². The molecule has 1 aliphatic carbocycles. The van der Waals surface area contributed by atoms with Crippen LogP contribution in [0.2, 0.25) is 0 Å². The van der Waals surface area contributed by atoms with Crippen LogP contribution in [0, 0.1) is 12.3 Å². The average Bonchev–Trinajstić information content (AvgIpc) is 2.87. The van der Waals surface area contributed by atoms with Gasteiger partial charge >= 0.3 is 6.09 Å². The molecule has 2 aromatic carbocycles. The van der Waals surface area contributed by atoms with Crippen LogP contribution in [0.3, 0.4) is 0 Å². The normalized spacial score (nSPS) is 14.7. The molecule has 0 saturated heterocycles. The van der Waals surface area contributed by atoms with Crippen LogP contribution in [0.4, 0.5) is 4.79 Å². The van der Waals surface area contributed by atoms with Gasteiger partial charge in [-0.3, -0.25) is 9.59 Å². The van der Waals surface area contributed by atoms with Crippen LogP contribution >= 0.6 is 11.8 Å². The summed E-state index contributed by atoms with van der Waals surface area (Å²) in [5, 5.41) is 5.81. The van der Waals surface area contributed by atoms with Gasteiger partial charge in [0.25, 0.3) is 0 Å². The van der Waals surface area contributed by atoms with Crippen molar-refractivity contribution in [2.45, 2.75) is 76.7 Å². The van der Waals surface area contributed by atoms with Crippen LogP contribution in [0.25, 0.3) is 0 Å². The predicted molar refractivity (Wildman–Crippen MR) is 156 cm³/mol. The van der Waals surface area contributed by atoms with Crippen LogP contribution in [0.15, 0.2) is 54.6 Å². The zero-order valence-electron chi connectivity index (χ0n) is 23.2. The van der Waals surface area contributed by atoms with E-state index in [2.05, 4.69) is 16.6 Å². The average molecular weight is 550 g/mol. The molecule has 2 atom stereocenters. The number of hydrogen-bond donors (Lipinski definition) is 2. The minimum atomic E-state index is -0.948. The van der Waals surface area contributed by atoms with E-state index in [1.54, 1.807) is 49.6 Å². The summed E-state index contributed by atoms with van der Waals surface area (Å²) in [6, 6.07) is 14.9. The lowest BCUT2D eigenvalue weighted by atomic mass is 9.87. The van der Waals surface area contributed by atoms with Crippen LogP contribution in [0.1, 0.15) is 69.2 Å². The van der Waals surface area contributed by atoms with E-state index >= 15 is 0 Å². The Balaban J connectivity index is 1.99. The molecular formula is C31H39N3O4S. The largest absolute Gasteiger partial charge is 0.444 e. The molecule has 2 aromatic rings. The number of amides is 3. The zero-order chi connectivity index (χ0) is 28.4. The Labute approximate surface area is 236 Å². The van der Waals surface area contributed by atoms with Gasteiger partial charge in [0, 0.05) is 18.2 Å². The fourth-order valence-corrected chi connectivity index (χ4v) is 4.94. The molecule has 3 amide bonds. The molecule has 0 aliphatic heterocycles. The first-order valence-electron chi connectivity index (χ1n) is 13.3. The first-order valence-corrected chi connectivity index (χ1v) is 14.7. The maximum absolute atomic E-state index is 14.3. The highest BCUT2D eigenvalue weighted by atomic mass is 32.2. The third kappa shape index (κ3) is 8.52. The summed E-state index contributed by atoms with van der Waals surface area (Å²) < 4.78 is 5.46. The number of carbonyl (C=O) groups excluding carboxylic acids is 3. The van der Waals surface area contributed by atoms with Crippen molar-refractivity contribution in [3.63, 3.8) is 0 Å². The smallest absolute Gasteiger partial charge is 0.408 e. The molecule has 1 fully saturated rings. The molecule has 2 unspecified atom stereocenters. The third-order valence-corrected chi connectivity index (χ3v) is 7.21. The molecule has 2 N–H and O–H groups in total.